The van der Waals surface area contributed by atoms with Crippen molar-refractivity contribution in [3.05, 3.63) is 0 Å². The van der Waals surface area contributed by atoms with Gasteiger partial charge in [-0.3, -0.25) is 9.59 Å². The predicted molar refractivity (Wildman–Crippen MR) is 123 cm³/mol. The third-order valence-electron chi connectivity index (χ3n) is 4.96. The first-order valence-electron chi connectivity index (χ1n) is 11.1. The number of unbranched alkanes of at least 4 members (excludes halogenated alkanes) is 6. The molecule has 6 heteroatoms. The fraction of sp³-hybridized carbons (Fsp3) is 0.909. The maximum absolute atomic E-state index is 12.3. The van der Waals surface area contributed by atoms with E-state index in [4.69, 9.17) is 0 Å². The first-order chi connectivity index (χ1) is 13.3. The van der Waals surface area contributed by atoms with E-state index in [9.17, 15) is 9.59 Å². The quantitative estimate of drug-likeness (QED) is 0.279. The fourth-order valence-electron chi connectivity index (χ4n) is 3.24. The number of thioether (sulfide) groups is 1. The van der Waals surface area contributed by atoms with Crippen molar-refractivity contribution in [1.29, 1.82) is 0 Å². The minimum atomic E-state index is -0.414. The Morgan fingerprint density at radius 2 is 1.54 bits per heavy atom. The monoisotopic (exact) mass is 415 g/mol. The third kappa shape index (κ3) is 14.4. The van der Waals surface area contributed by atoms with E-state index in [0.29, 0.717) is 6.42 Å². The Morgan fingerprint density at radius 1 is 0.929 bits per heavy atom. The van der Waals surface area contributed by atoms with Crippen molar-refractivity contribution in [1.82, 2.24) is 16.0 Å². The van der Waals surface area contributed by atoms with Gasteiger partial charge < -0.3 is 16.0 Å². The zero-order valence-corrected chi connectivity index (χ0v) is 19.8. The first-order valence-corrected chi connectivity index (χ1v) is 12.1. The lowest BCUT2D eigenvalue weighted by molar-refractivity contribution is -0.127. The van der Waals surface area contributed by atoms with Crippen LogP contribution >= 0.6 is 11.8 Å². The molecule has 0 saturated carbocycles. The van der Waals surface area contributed by atoms with Gasteiger partial charge in [-0.2, -0.15) is 11.8 Å². The molecule has 0 aromatic rings. The highest BCUT2D eigenvalue weighted by Gasteiger charge is 2.34. The molecule has 0 aromatic heterocycles. The van der Waals surface area contributed by atoms with Crippen LogP contribution in [0, 0.1) is 0 Å². The van der Waals surface area contributed by atoms with E-state index in [-0.39, 0.29) is 16.4 Å². The van der Waals surface area contributed by atoms with Gasteiger partial charge in [-0.15, -0.1) is 0 Å². The van der Waals surface area contributed by atoms with Gasteiger partial charge in [0.25, 0.3) is 0 Å². The summed E-state index contributed by atoms with van der Waals surface area (Å²) in [6.45, 7) is 11.0. The molecule has 1 atom stereocenters. The second kappa shape index (κ2) is 17.3. The average Bonchev–Trinajstić information content (AvgIpc) is 2.64. The molecule has 0 heterocycles. The van der Waals surface area contributed by atoms with Crippen LogP contribution in [0.1, 0.15) is 85.5 Å². The third-order valence-corrected chi connectivity index (χ3v) is 6.43. The maximum Gasteiger partial charge on any atom is 0.220 e. The van der Waals surface area contributed by atoms with Crippen LogP contribution in [0.5, 0.6) is 0 Å². The van der Waals surface area contributed by atoms with Crippen LogP contribution in [0.4, 0.5) is 0 Å². The predicted octanol–water partition coefficient (Wildman–Crippen LogP) is 3.91. The number of ketones is 1. The summed E-state index contributed by atoms with van der Waals surface area (Å²) in [5.41, 5.74) is 0. The molecule has 0 aliphatic carbocycles. The van der Waals surface area contributed by atoms with E-state index in [1.807, 2.05) is 7.05 Å². The summed E-state index contributed by atoms with van der Waals surface area (Å²) < 4.78 is -0.280. The molecule has 0 saturated heterocycles. The maximum atomic E-state index is 12.3. The fourth-order valence-corrected chi connectivity index (χ4v) is 4.51. The lowest BCUT2D eigenvalue weighted by Crippen LogP contribution is -2.51. The van der Waals surface area contributed by atoms with Crippen LogP contribution in [-0.4, -0.2) is 54.9 Å². The molecular formula is C22H45N3O2S. The Balaban J connectivity index is 4.14. The average molecular weight is 416 g/mol. The Hall–Kier alpha value is -0.590. The summed E-state index contributed by atoms with van der Waals surface area (Å²) >= 11 is 1.80. The number of carbonyl (C=O) groups is 2. The Bertz CT molecular complexity index is 417. The second-order valence-corrected chi connectivity index (χ2v) is 9.85. The van der Waals surface area contributed by atoms with Crippen LogP contribution in [0.25, 0.3) is 0 Å². The van der Waals surface area contributed by atoms with Crippen LogP contribution < -0.4 is 16.0 Å². The van der Waals surface area contributed by atoms with E-state index in [2.05, 4.69) is 36.7 Å². The zero-order valence-electron chi connectivity index (χ0n) is 19.0. The van der Waals surface area contributed by atoms with Gasteiger partial charge in [0, 0.05) is 11.2 Å². The van der Waals surface area contributed by atoms with Crippen molar-refractivity contribution < 1.29 is 9.59 Å². The molecule has 0 bridgehead atoms. The molecule has 0 unspecified atom stereocenters. The Labute approximate surface area is 177 Å². The van der Waals surface area contributed by atoms with Crippen LogP contribution in [-0.2, 0) is 9.59 Å². The summed E-state index contributed by atoms with van der Waals surface area (Å²) in [6.07, 6.45) is 9.60. The van der Waals surface area contributed by atoms with Gasteiger partial charge in [-0.1, -0.05) is 32.6 Å². The molecule has 0 rings (SSSR count). The highest BCUT2D eigenvalue weighted by Crippen LogP contribution is 2.30. The normalized spacial score (nSPS) is 12.8. The Morgan fingerprint density at radius 3 is 2.14 bits per heavy atom. The number of nitrogens with one attached hydrogen (secondary N) is 3. The number of hydrogen-bond donors (Lipinski definition) is 3. The molecular weight excluding hydrogens is 370 g/mol. The van der Waals surface area contributed by atoms with E-state index >= 15 is 0 Å². The molecule has 5 nitrogen and oxygen atoms in total. The number of amides is 1. The van der Waals surface area contributed by atoms with Gasteiger partial charge in [-0.25, -0.2) is 0 Å². The van der Waals surface area contributed by atoms with Gasteiger partial charge >= 0.3 is 0 Å². The Kier molecular flexibility index (Phi) is 16.9. The minimum absolute atomic E-state index is 0.00548. The second-order valence-electron chi connectivity index (χ2n) is 8.10. The van der Waals surface area contributed by atoms with Crippen LogP contribution in [0.2, 0.25) is 0 Å². The molecule has 166 valence electrons. The van der Waals surface area contributed by atoms with Crippen molar-refractivity contribution in [2.45, 2.75) is 96.3 Å². The summed E-state index contributed by atoms with van der Waals surface area (Å²) in [6, 6.07) is -0.414. The summed E-state index contributed by atoms with van der Waals surface area (Å²) in [5, 5.41) is 9.49. The van der Waals surface area contributed by atoms with Gasteiger partial charge in [0.15, 0.2) is 5.78 Å². The smallest absolute Gasteiger partial charge is 0.220 e. The van der Waals surface area contributed by atoms with E-state index in [0.717, 1.165) is 57.5 Å². The highest BCUT2D eigenvalue weighted by atomic mass is 32.2. The number of Topliss-reactive ketones (excluding diaryl/α,β-unsaturated/α-hetero) is 1. The molecule has 0 fully saturated rings. The lowest BCUT2D eigenvalue weighted by Gasteiger charge is -2.33. The van der Waals surface area contributed by atoms with E-state index in [1.54, 1.807) is 18.7 Å². The topological polar surface area (TPSA) is 70.2 Å². The summed E-state index contributed by atoms with van der Waals surface area (Å²) in [5.74, 6) is 1.08. The van der Waals surface area contributed by atoms with Crippen LogP contribution in [0.3, 0.4) is 0 Å². The van der Waals surface area contributed by atoms with Gasteiger partial charge in [0.1, 0.15) is 6.04 Å². The van der Waals surface area contributed by atoms with Gasteiger partial charge in [0.2, 0.25) is 5.91 Å². The summed E-state index contributed by atoms with van der Waals surface area (Å²) in [7, 11) is 1.96. The lowest BCUT2D eigenvalue weighted by atomic mass is 9.99. The van der Waals surface area contributed by atoms with Crippen molar-refractivity contribution in [2.24, 2.45) is 0 Å². The molecule has 28 heavy (non-hydrogen) atoms. The minimum Gasteiger partial charge on any atom is -0.345 e. The molecule has 0 spiro atoms. The molecule has 1 amide bonds. The van der Waals surface area contributed by atoms with Crippen LogP contribution in [0.15, 0.2) is 0 Å². The largest absolute Gasteiger partial charge is 0.345 e. The van der Waals surface area contributed by atoms with Gasteiger partial charge in [0.05, 0.1) is 0 Å². The van der Waals surface area contributed by atoms with E-state index in [1.165, 1.54) is 19.3 Å². The van der Waals surface area contributed by atoms with Crippen molar-refractivity contribution >= 4 is 23.5 Å². The first kappa shape index (κ1) is 27.4. The van der Waals surface area contributed by atoms with Gasteiger partial charge in [-0.05, 0) is 78.9 Å². The number of rotatable bonds is 19. The van der Waals surface area contributed by atoms with Crippen molar-refractivity contribution in [2.75, 3.05) is 32.4 Å². The molecule has 0 aromatic carbocycles. The molecule has 0 aliphatic heterocycles. The molecule has 0 aliphatic rings. The molecule has 0 radical (unpaired) electrons. The summed E-state index contributed by atoms with van der Waals surface area (Å²) in [4.78, 5) is 24.5. The standard InChI is InChI=1S/C22H45N3O2S/c1-6-24-17-13-9-10-14-18-28-22(3,4)21(19(2)26)25-20(27)15-11-7-8-12-16-23-5/h21,23-24H,6-18H2,1-5H3,(H,25,27)/t21-/m1/s1. The molecule has 3 N–H and O–H groups in total. The zero-order chi connectivity index (χ0) is 21.3. The number of hydrogen-bond acceptors (Lipinski definition) is 5. The van der Waals surface area contributed by atoms with Crippen molar-refractivity contribution in [3.63, 3.8) is 0 Å². The highest BCUT2D eigenvalue weighted by molar-refractivity contribution is 8.00. The number of carbonyl (C=O) groups excluding carboxylic acids is 2. The van der Waals surface area contributed by atoms with Crippen molar-refractivity contribution in [3.8, 4) is 0 Å². The van der Waals surface area contributed by atoms with E-state index < -0.39 is 6.04 Å². The SMILES string of the molecule is CCNCCCCCCSC(C)(C)[C@H](NC(=O)CCCCCCNC)C(C)=O.